The predicted molar refractivity (Wildman–Crippen MR) is 93.1 cm³/mol. The second-order valence-corrected chi connectivity index (χ2v) is 5.54. The highest BCUT2D eigenvalue weighted by Gasteiger charge is 2.13. The molecule has 0 saturated heterocycles. The lowest BCUT2D eigenvalue weighted by molar-refractivity contribution is -0.123. The van der Waals surface area contributed by atoms with Crippen molar-refractivity contribution in [3.8, 4) is 0 Å². The second kappa shape index (κ2) is 8.09. The first kappa shape index (κ1) is 18.2. The van der Waals surface area contributed by atoms with Crippen LogP contribution in [-0.4, -0.2) is 40.6 Å². The fourth-order valence-electron chi connectivity index (χ4n) is 2.23. The Hall–Kier alpha value is -3.16. The van der Waals surface area contributed by atoms with Crippen LogP contribution in [0, 0.1) is 13.8 Å². The van der Waals surface area contributed by atoms with E-state index in [-0.39, 0.29) is 24.9 Å². The molecule has 1 aromatic heterocycles. The van der Waals surface area contributed by atoms with Gasteiger partial charge in [0.05, 0.1) is 30.2 Å². The van der Waals surface area contributed by atoms with Crippen molar-refractivity contribution in [3.05, 3.63) is 47.3 Å². The Morgan fingerprint density at radius 3 is 2.24 bits per heavy atom. The number of rotatable bonds is 6. The fraction of sp³-hybridized carbons (Fsp3) is 0.294. The molecule has 0 bridgehead atoms. The summed E-state index contributed by atoms with van der Waals surface area (Å²) in [6.45, 7) is 3.24. The molecule has 0 spiro atoms. The van der Waals surface area contributed by atoms with Crippen LogP contribution in [-0.2, 0) is 16.6 Å². The van der Waals surface area contributed by atoms with Crippen LogP contribution in [0.25, 0.3) is 0 Å². The van der Waals surface area contributed by atoms with E-state index in [0.29, 0.717) is 16.9 Å². The zero-order valence-electron chi connectivity index (χ0n) is 14.4. The number of anilines is 1. The highest BCUT2D eigenvalue weighted by Crippen LogP contribution is 2.17. The molecule has 132 valence electrons. The Kier molecular flexibility index (Phi) is 5.89. The van der Waals surface area contributed by atoms with E-state index in [0.717, 1.165) is 5.69 Å². The summed E-state index contributed by atoms with van der Waals surface area (Å²) in [7, 11) is 1.79. The van der Waals surface area contributed by atoms with Crippen molar-refractivity contribution in [3.63, 3.8) is 0 Å². The molecule has 1 aromatic carbocycles. The minimum absolute atomic E-state index is 0.187. The van der Waals surface area contributed by atoms with Crippen LogP contribution >= 0.6 is 0 Å². The van der Waals surface area contributed by atoms with Crippen molar-refractivity contribution < 1.29 is 14.4 Å². The van der Waals surface area contributed by atoms with Gasteiger partial charge in [-0.05, 0) is 26.0 Å². The molecule has 3 amide bonds. The van der Waals surface area contributed by atoms with E-state index >= 15 is 0 Å². The number of aromatic nitrogens is 2. The predicted octanol–water partition coefficient (Wildman–Crippen LogP) is 0.522. The molecule has 2 rings (SSSR count). The third-order valence-electron chi connectivity index (χ3n) is 3.67. The van der Waals surface area contributed by atoms with Gasteiger partial charge in [-0.3, -0.25) is 19.1 Å². The summed E-state index contributed by atoms with van der Waals surface area (Å²) in [5, 5.41) is 11.9. The molecule has 8 heteroatoms. The molecule has 25 heavy (non-hydrogen) atoms. The van der Waals surface area contributed by atoms with Gasteiger partial charge in [-0.25, -0.2) is 0 Å². The highest BCUT2D eigenvalue weighted by molar-refractivity contribution is 5.98. The Bertz CT molecular complexity index is 783. The lowest BCUT2D eigenvalue weighted by Gasteiger charge is -2.08. The van der Waals surface area contributed by atoms with Crippen molar-refractivity contribution in [2.75, 3.05) is 18.4 Å². The molecule has 2 aromatic rings. The van der Waals surface area contributed by atoms with Crippen LogP contribution in [0.15, 0.2) is 30.3 Å². The highest BCUT2D eigenvalue weighted by atomic mass is 16.2. The molecule has 0 atom stereocenters. The lowest BCUT2D eigenvalue weighted by atomic mass is 10.2. The number of carbonyl (C=O) groups excluding carboxylic acids is 3. The molecule has 0 aliphatic rings. The maximum absolute atomic E-state index is 11.9. The van der Waals surface area contributed by atoms with Crippen molar-refractivity contribution in [1.82, 2.24) is 20.4 Å². The number of hydrogen-bond acceptors (Lipinski definition) is 4. The van der Waals surface area contributed by atoms with Gasteiger partial charge >= 0.3 is 0 Å². The zero-order chi connectivity index (χ0) is 18.4. The van der Waals surface area contributed by atoms with Gasteiger partial charge in [-0.2, -0.15) is 5.10 Å². The summed E-state index contributed by atoms with van der Waals surface area (Å²) in [5.41, 5.74) is 2.64. The molecule has 0 fully saturated rings. The van der Waals surface area contributed by atoms with E-state index in [1.165, 1.54) is 0 Å². The van der Waals surface area contributed by atoms with Crippen LogP contribution in [0.4, 0.5) is 5.69 Å². The first-order chi connectivity index (χ1) is 11.9. The van der Waals surface area contributed by atoms with Gasteiger partial charge in [-0.15, -0.1) is 0 Å². The smallest absolute Gasteiger partial charge is 0.251 e. The molecule has 0 radical (unpaired) electrons. The quantitative estimate of drug-likeness (QED) is 0.711. The molecule has 0 aliphatic carbocycles. The van der Waals surface area contributed by atoms with Gasteiger partial charge in [0.2, 0.25) is 11.8 Å². The maximum atomic E-state index is 11.9. The molecule has 8 nitrogen and oxygen atoms in total. The number of nitrogens with one attached hydrogen (secondary N) is 3. The standard InChI is InChI=1S/C17H21N5O3/c1-11-16(12(2)22(3)21-11)20-15(24)10-18-14(23)9-19-17(25)13-7-5-4-6-8-13/h4-8H,9-10H2,1-3H3,(H,18,23)(H,19,25)(H,20,24). The minimum Gasteiger partial charge on any atom is -0.345 e. The number of hydrogen-bond donors (Lipinski definition) is 3. The van der Waals surface area contributed by atoms with E-state index in [1.807, 2.05) is 6.92 Å². The normalized spacial score (nSPS) is 10.2. The molecule has 1 heterocycles. The average Bonchev–Trinajstić information content (AvgIpc) is 2.84. The van der Waals surface area contributed by atoms with Gasteiger partial charge in [0, 0.05) is 12.6 Å². The third kappa shape index (κ3) is 4.90. The van der Waals surface area contributed by atoms with Crippen LogP contribution in [0.5, 0.6) is 0 Å². The summed E-state index contributed by atoms with van der Waals surface area (Å²) < 4.78 is 1.67. The largest absolute Gasteiger partial charge is 0.345 e. The first-order valence-electron chi connectivity index (χ1n) is 7.78. The van der Waals surface area contributed by atoms with E-state index in [9.17, 15) is 14.4 Å². The van der Waals surface area contributed by atoms with Gasteiger partial charge in [0.25, 0.3) is 5.91 Å². The van der Waals surface area contributed by atoms with Crippen LogP contribution in [0.3, 0.4) is 0 Å². The van der Waals surface area contributed by atoms with Crippen LogP contribution in [0.2, 0.25) is 0 Å². The number of nitrogens with zero attached hydrogens (tertiary/aromatic N) is 2. The van der Waals surface area contributed by atoms with E-state index in [4.69, 9.17) is 0 Å². The second-order valence-electron chi connectivity index (χ2n) is 5.54. The third-order valence-corrected chi connectivity index (χ3v) is 3.67. The van der Waals surface area contributed by atoms with Crippen molar-refractivity contribution in [1.29, 1.82) is 0 Å². The van der Waals surface area contributed by atoms with E-state index < -0.39 is 5.91 Å². The van der Waals surface area contributed by atoms with Crippen molar-refractivity contribution in [2.24, 2.45) is 7.05 Å². The summed E-state index contributed by atoms with van der Waals surface area (Å²) in [6, 6.07) is 8.58. The fourth-order valence-corrected chi connectivity index (χ4v) is 2.23. The van der Waals surface area contributed by atoms with Crippen molar-refractivity contribution in [2.45, 2.75) is 13.8 Å². The topological polar surface area (TPSA) is 105 Å². The lowest BCUT2D eigenvalue weighted by Crippen LogP contribution is -2.40. The molecule has 3 N–H and O–H groups in total. The number of amides is 3. The van der Waals surface area contributed by atoms with Gasteiger partial charge in [0.1, 0.15) is 0 Å². The van der Waals surface area contributed by atoms with Crippen LogP contribution < -0.4 is 16.0 Å². The maximum Gasteiger partial charge on any atom is 0.251 e. The van der Waals surface area contributed by atoms with E-state index in [1.54, 1.807) is 49.0 Å². The summed E-state index contributed by atoms with van der Waals surface area (Å²) in [6.07, 6.45) is 0. The first-order valence-corrected chi connectivity index (χ1v) is 7.78. The summed E-state index contributed by atoms with van der Waals surface area (Å²) in [5.74, 6) is -1.15. The Morgan fingerprint density at radius 1 is 1.00 bits per heavy atom. The molecule has 0 saturated carbocycles. The zero-order valence-corrected chi connectivity index (χ0v) is 14.4. The summed E-state index contributed by atoms with van der Waals surface area (Å²) >= 11 is 0. The molecular formula is C17H21N5O3. The molecule has 0 aliphatic heterocycles. The average molecular weight is 343 g/mol. The molecular weight excluding hydrogens is 322 g/mol. The van der Waals surface area contributed by atoms with E-state index in [2.05, 4.69) is 21.0 Å². The monoisotopic (exact) mass is 343 g/mol. The molecule has 0 unspecified atom stereocenters. The number of aryl methyl sites for hydroxylation is 2. The van der Waals surface area contributed by atoms with Gasteiger partial charge in [-0.1, -0.05) is 18.2 Å². The Balaban J connectivity index is 1.76. The summed E-state index contributed by atoms with van der Waals surface area (Å²) in [4.78, 5) is 35.5. The van der Waals surface area contributed by atoms with Gasteiger partial charge < -0.3 is 16.0 Å². The minimum atomic E-state index is -0.445. The Labute approximate surface area is 145 Å². The number of carbonyl (C=O) groups is 3. The SMILES string of the molecule is Cc1nn(C)c(C)c1NC(=O)CNC(=O)CNC(=O)c1ccccc1. The van der Waals surface area contributed by atoms with Gasteiger partial charge in [0.15, 0.2) is 0 Å². The number of benzene rings is 1. The Morgan fingerprint density at radius 2 is 1.64 bits per heavy atom. The van der Waals surface area contributed by atoms with Crippen LogP contribution in [0.1, 0.15) is 21.7 Å². The van der Waals surface area contributed by atoms with Crippen molar-refractivity contribution >= 4 is 23.4 Å².